The van der Waals surface area contributed by atoms with Gasteiger partial charge in [-0.25, -0.2) is 14.6 Å². The fourth-order valence-electron chi connectivity index (χ4n) is 5.51. The van der Waals surface area contributed by atoms with Crippen LogP contribution in [-0.2, 0) is 0 Å². The molecule has 0 radical (unpaired) electrons. The van der Waals surface area contributed by atoms with Gasteiger partial charge >= 0.3 is 0 Å². The van der Waals surface area contributed by atoms with E-state index in [0.717, 1.165) is 44.0 Å². The van der Waals surface area contributed by atoms with Gasteiger partial charge in [0.1, 0.15) is 17.4 Å². The quantitative estimate of drug-likeness (QED) is 0.543. The van der Waals surface area contributed by atoms with Gasteiger partial charge in [0.2, 0.25) is 0 Å². The van der Waals surface area contributed by atoms with E-state index in [1.165, 1.54) is 19.3 Å². The Balaban J connectivity index is 1.45. The van der Waals surface area contributed by atoms with E-state index in [-0.39, 0.29) is 24.3 Å². The molecular formula is C25H29Cl2N7O. The molecular weight excluding hydrogens is 485 g/mol. The Morgan fingerprint density at radius 1 is 1.20 bits per heavy atom. The molecule has 2 unspecified atom stereocenters. The van der Waals surface area contributed by atoms with Crippen molar-refractivity contribution < 1.29 is 5.11 Å². The van der Waals surface area contributed by atoms with E-state index in [2.05, 4.69) is 26.0 Å². The Morgan fingerprint density at radius 3 is 2.71 bits per heavy atom. The van der Waals surface area contributed by atoms with Gasteiger partial charge in [-0.15, -0.1) is 0 Å². The number of fused-ring (bicyclic) bond motifs is 1. The predicted molar refractivity (Wildman–Crippen MR) is 137 cm³/mol. The molecule has 2 aliphatic rings. The summed E-state index contributed by atoms with van der Waals surface area (Å²) >= 11 is 12.5. The van der Waals surface area contributed by atoms with Gasteiger partial charge in [0.25, 0.3) is 0 Å². The van der Waals surface area contributed by atoms with Crippen LogP contribution in [0.1, 0.15) is 49.9 Å². The van der Waals surface area contributed by atoms with Crippen LogP contribution in [0.4, 0.5) is 5.82 Å². The number of anilines is 1. The number of halogens is 2. The molecule has 2 aromatic heterocycles. The summed E-state index contributed by atoms with van der Waals surface area (Å²) in [6.45, 7) is 5.91. The van der Waals surface area contributed by atoms with Crippen LogP contribution in [0.2, 0.25) is 10.0 Å². The highest BCUT2D eigenvalue weighted by atomic mass is 35.5. The topological polar surface area (TPSA) is 94.1 Å². The average Bonchev–Trinajstić information content (AvgIpc) is 3.26. The van der Waals surface area contributed by atoms with Crippen molar-refractivity contribution in [2.24, 2.45) is 5.92 Å². The molecule has 2 aliphatic heterocycles. The number of likely N-dealkylation sites (tertiary alicyclic amines) is 1. The van der Waals surface area contributed by atoms with E-state index >= 15 is 0 Å². The largest absolute Gasteiger partial charge is 0.396 e. The second kappa shape index (κ2) is 10.3. The van der Waals surface area contributed by atoms with E-state index in [4.69, 9.17) is 28.2 Å². The predicted octanol–water partition coefficient (Wildman–Crippen LogP) is 4.29. The lowest BCUT2D eigenvalue weighted by atomic mass is 9.90. The lowest BCUT2D eigenvalue weighted by Crippen LogP contribution is -2.53. The lowest BCUT2D eigenvalue weighted by Gasteiger charge is -2.45. The summed E-state index contributed by atoms with van der Waals surface area (Å²) in [6, 6.07) is 7.61. The Morgan fingerprint density at radius 2 is 2.00 bits per heavy atom. The van der Waals surface area contributed by atoms with Gasteiger partial charge in [-0.3, -0.25) is 4.90 Å². The number of aliphatic hydroxyl groups is 1. The number of aliphatic hydroxyl groups excluding tert-OH is 1. The standard InChI is InChI=1S/C25H29Cl2N7O/c1-16(19-6-5-18(26)11-20(19)27)34-25-24(21(12-28)31-34)29-13-23(30-25)33-10-7-22(17(14-33)15-35)32-8-3-2-4-9-32/h5-6,11,13,16-17,22,35H,2-4,7-10,14-15H2,1H3/t16-,17?,22?/m1/s1. The summed E-state index contributed by atoms with van der Waals surface area (Å²) in [7, 11) is 0. The SMILES string of the molecule is C[C@H](c1ccc(Cl)cc1Cl)n1nc(C#N)c2ncc(N3CCC(N4CCCCC4)C(CO)C3)nc21. The van der Waals surface area contributed by atoms with Gasteiger partial charge in [0.15, 0.2) is 11.3 Å². The van der Waals surface area contributed by atoms with Gasteiger partial charge in [-0.2, -0.15) is 10.4 Å². The molecule has 8 nitrogen and oxygen atoms in total. The zero-order chi connectivity index (χ0) is 24.5. The normalized spacial score (nSPS) is 22.3. The fraction of sp³-hybridized carbons (Fsp3) is 0.520. The van der Waals surface area contributed by atoms with Crippen LogP contribution in [0, 0.1) is 17.2 Å². The van der Waals surface area contributed by atoms with Crippen LogP contribution in [0.3, 0.4) is 0 Å². The van der Waals surface area contributed by atoms with Crippen molar-refractivity contribution >= 4 is 40.2 Å². The highest BCUT2D eigenvalue weighted by molar-refractivity contribution is 6.35. The fourth-order valence-corrected chi connectivity index (χ4v) is 6.07. The molecule has 0 saturated carbocycles. The Kier molecular flexibility index (Phi) is 7.12. The highest BCUT2D eigenvalue weighted by Crippen LogP contribution is 2.32. The Labute approximate surface area is 215 Å². The number of benzene rings is 1. The van der Waals surface area contributed by atoms with Crippen LogP contribution < -0.4 is 4.90 Å². The molecule has 0 bridgehead atoms. The molecule has 35 heavy (non-hydrogen) atoms. The van der Waals surface area contributed by atoms with Crippen molar-refractivity contribution in [2.75, 3.05) is 37.7 Å². The summed E-state index contributed by atoms with van der Waals surface area (Å²) in [5.74, 6) is 0.888. The molecule has 1 N–H and O–H groups in total. The Hall–Kier alpha value is -2.44. The van der Waals surface area contributed by atoms with Gasteiger partial charge in [-0.05, 0) is 57.0 Å². The molecule has 3 aromatic rings. The number of nitrogens with zero attached hydrogens (tertiary/aromatic N) is 7. The van der Waals surface area contributed by atoms with Crippen molar-refractivity contribution in [3.05, 3.63) is 45.7 Å². The summed E-state index contributed by atoms with van der Waals surface area (Å²) in [5, 5.41) is 25.4. The van der Waals surface area contributed by atoms with E-state index in [9.17, 15) is 10.4 Å². The number of rotatable bonds is 5. The smallest absolute Gasteiger partial charge is 0.190 e. The molecule has 10 heteroatoms. The maximum absolute atomic E-state index is 10.2. The summed E-state index contributed by atoms with van der Waals surface area (Å²) in [4.78, 5) is 14.2. The number of hydrogen-bond donors (Lipinski definition) is 1. The molecule has 4 heterocycles. The molecule has 1 aromatic carbocycles. The average molecular weight is 514 g/mol. The minimum absolute atomic E-state index is 0.149. The van der Waals surface area contributed by atoms with Crippen molar-refractivity contribution in [3.63, 3.8) is 0 Å². The summed E-state index contributed by atoms with van der Waals surface area (Å²) in [6.07, 6.45) is 6.46. The zero-order valence-corrected chi connectivity index (χ0v) is 21.3. The number of aromatic nitrogens is 4. The molecule has 0 aliphatic carbocycles. The first-order chi connectivity index (χ1) is 17.0. The first kappa shape index (κ1) is 24.3. The highest BCUT2D eigenvalue weighted by Gasteiger charge is 2.34. The second-order valence-corrected chi connectivity index (χ2v) is 10.3. The van der Waals surface area contributed by atoms with Crippen molar-refractivity contribution in [1.29, 1.82) is 5.26 Å². The minimum Gasteiger partial charge on any atom is -0.396 e. The van der Waals surface area contributed by atoms with Crippen LogP contribution in [0.15, 0.2) is 24.4 Å². The molecule has 0 amide bonds. The van der Waals surface area contributed by atoms with E-state index in [0.29, 0.717) is 27.3 Å². The maximum atomic E-state index is 10.2. The van der Waals surface area contributed by atoms with Gasteiger partial charge in [0, 0.05) is 41.7 Å². The minimum atomic E-state index is -0.274. The second-order valence-electron chi connectivity index (χ2n) is 9.49. The molecule has 2 saturated heterocycles. The van der Waals surface area contributed by atoms with Crippen LogP contribution in [0.5, 0.6) is 0 Å². The molecule has 5 rings (SSSR count). The third-order valence-electron chi connectivity index (χ3n) is 7.39. The third kappa shape index (κ3) is 4.70. The van der Waals surface area contributed by atoms with Crippen LogP contribution in [-0.4, -0.2) is 68.6 Å². The number of nitriles is 1. The van der Waals surface area contributed by atoms with Crippen LogP contribution in [0.25, 0.3) is 11.2 Å². The van der Waals surface area contributed by atoms with Crippen molar-refractivity contribution in [1.82, 2.24) is 24.6 Å². The maximum Gasteiger partial charge on any atom is 0.190 e. The molecule has 3 atom stereocenters. The first-order valence-corrected chi connectivity index (χ1v) is 13.0. The molecule has 2 fully saturated rings. The van der Waals surface area contributed by atoms with E-state index < -0.39 is 0 Å². The van der Waals surface area contributed by atoms with Crippen molar-refractivity contribution in [3.8, 4) is 6.07 Å². The monoisotopic (exact) mass is 513 g/mol. The molecule has 184 valence electrons. The van der Waals surface area contributed by atoms with Gasteiger partial charge in [0.05, 0.1) is 12.2 Å². The van der Waals surface area contributed by atoms with Gasteiger partial charge < -0.3 is 10.0 Å². The summed E-state index contributed by atoms with van der Waals surface area (Å²) in [5.41, 5.74) is 2.07. The first-order valence-electron chi connectivity index (χ1n) is 12.2. The summed E-state index contributed by atoms with van der Waals surface area (Å²) < 4.78 is 1.71. The lowest BCUT2D eigenvalue weighted by molar-refractivity contribution is 0.0676. The van der Waals surface area contributed by atoms with Crippen molar-refractivity contribution in [2.45, 2.75) is 44.7 Å². The number of hydrogen-bond acceptors (Lipinski definition) is 7. The zero-order valence-electron chi connectivity index (χ0n) is 19.7. The van der Waals surface area contributed by atoms with Gasteiger partial charge in [-0.1, -0.05) is 35.7 Å². The third-order valence-corrected chi connectivity index (χ3v) is 7.95. The van der Waals surface area contributed by atoms with Crippen LogP contribution >= 0.6 is 23.2 Å². The Bertz CT molecular complexity index is 1250. The van der Waals surface area contributed by atoms with E-state index in [1.54, 1.807) is 23.0 Å². The number of piperidine rings is 2. The van der Waals surface area contributed by atoms with E-state index in [1.807, 2.05) is 13.0 Å². The molecule has 0 spiro atoms.